The van der Waals surface area contributed by atoms with E-state index in [1.54, 1.807) is 0 Å². The molecular formula is C20H28O. The first-order valence-electron chi connectivity index (χ1n) is 7.49. The second-order valence-corrected chi connectivity index (χ2v) is 6.47. The molecule has 0 amide bonds. The Labute approximate surface area is 129 Å². The van der Waals surface area contributed by atoms with Crippen molar-refractivity contribution in [3.8, 4) is 0 Å². The fraction of sp³-hybridized carbons (Fsp3) is 0.400. The zero-order valence-electron chi connectivity index (χ0n) is 14.0. The summed E-state index contributed by atoms with van der Waals surface area (Å²) >= 11 is 0. The minimum Gasteiger partial charge on any atom is -0.389 e. The van der Waals surface area contributed by atoms with E-state index in [0.29, 0.717) is 0 Å². The highest BCUT2D eigenvalue weighted by Crippen LogP contribution is 2.40. The Morgan fingerprint density at radius 3 is 2.52 bits per heavy atom. The number of aliphatic hydroxyl groups is 1. The Morgan fingerprint density at radius 2 is 1.95 bits per heavy atom. The molecule has 0 heterocycles. The molecule has 1 aliphatic carbocycles. The fourth-order valence-electron chi connectivity index (χ4n) is 2.65. The lowest BCUT2D eigenvalue weighted by Gasteiger charge is -2.34. The van der Waals surface area contributed by atoms with Crippen LogP contribution in [-0.4, -0.2) is 11.2 Å². The second-order valence-electron chi connectivity index (χ2n) is 6.47. The standard InChI is InChI=1S/C20H28O/c1-7-15(2)9-8-10-16(3)11-12-19-17(4)13-18(21)14-20(19,5)6/h7-13,18,21H,1,14H2,2-6H3/b10-8+,15-9+,16-11+,19-12+. The molecule has 0 radical (unpaired) electrons. The maximum absolute atomic E-state index is 9.86. The molecule has 0 saturated carbocycles. The van der Waals surface area contributed by atoms with Gasteiger partial charge in [-0.2, -0.15) is 0 Å². The molecule has 0 saturated heterocycles. The van der Waals surface area contributed by atoms with E-state index in [1.165, 1.54) is 16.7 Å². The molecule has 1 aliphatic rings. The van der Waals surface area contributed by atoms with E-state index in [1.807, 2.05) is 31.2 Å². The van der Waals surface area contributed by atoms with Crippen molar-refractivity contribution in [1.82, 2.24) is 0 Å². The van der Waals surface area contributed by atoms with E-state index < -0.39 is 0 Å². The smallest absolute Gasteiger partial charge is 0.0734 e. The van der Waals surface area contributed by atoms with E-state index in [-0.39, 0.29) is 11.5 Å². The lowest BCUT2D eigenvalue weighted by atomic mass is 9.72. The number of hydrogen-bond acceptors (Lipinski definition) is 1. The molecule has 0 aromatic carbocycles. The van der Waals surface area contributed by atoms with E-state index >= 15 is 0 Å². The zero-order valence-corrected chi connectivity index (χ0v) is 14.0. The molecule has 1 unspecified atom stereocenters. The van der Waals surface area contributed by atoms with E-state index in [0.717, 1.165) is 12.0 Å². The molecule has 1 heteroatoms. The van der Waals surface area contributed by atoms with Crippen molar-refractivity contribution in [1.29, 1.82) is 0 Å². The highest BCUT2D eigenvalue weighted by atomic mass is 16.3. The average molecular weight is 284 g/mol. The van der Waals surface area contributed by atoms with Crippen molar-refractivity contribution in [2.45, 2.75) is 47.1 Å². The van der Waals surface area contributed by atoms with Crippen molar-refractivity contribution < 1.29 is 5.11 Å². The number of allylic oxidation sites excluding steroid dienone is 10. The Balaban J connectivity index is 2.94. The summed E-state index contributed by atoms with van der Waals surface area (Å²) in [5.41, 5.74) is 4.84. The fourth-order valence-corrected chi connectivity index (χ4v) is 2.65. The molecule has 0 aliphatic heterocycles. The van der Waals surface area contributed by atoms with Gasteiger partial charge in [0.1, 0.15) is 0 Å². The molecule has 0 fully saturated rings. The summed E-state index contributed by atoms with van der Waals surface area (Å²) in [6.07, 6.45) is 14.7. The summed E-state index contributed by atoms with van der Waals surface area (Å²) in [6, 6.07) is 0. The van der Waals surface area contributed by atoms with Gasteiger partial charge in [0.2, 0.25) is 0 Å². The van der Waals surface area contributed by atoms with Gasteiger partial charge in [-0.1, -0.05) is 74.1 Å². The van der Waals surface area contributed by atoms with Gasteiger partial charge in [-0.15, -0.1) is 0 Å². The van der Waals surface area contributed by atoms with Gasteiger partial charge in [-0.05, 0) is 43.8 Å². The highest BCUT2D eigenvalue weighted by Gasteiger charge is 2.30. The third kappa shape index (κ3) is 5.35. The minimum absolute atomic E-state index is 0.0120. The molecule has 0 spiro atoms. The summed E-state index contributed by atoms with van der Waals surface area (Å²) in [5.74, 6) is 0. The molecule has 0 bridgehead atoms. The van der Waals surface area contributed by atoms with Gasteiger partial charge in [0.15, 0.2) is 0 Å². The molecule has 114 valence electrons. The highest BCUT2D eigenvalue weighted by molar-refractivity contribution is 5.41. The Morgan fingerprint density at radius 1 is 1.29 bits per heavy atom. The van der Waals surface area contributed by atoms with E-state index in [4.69, 9.17) is 0 Å². The van der Waals surface area contributed by atoms with Crippen molar-refractivity contribution in [3.05, 3.63) is 71.4 Å². The van der Waals surface area contributed by atoms with Gasteiger partial charge in [0.05, 0.1) is 6.10 Å². The first kappa shape index (κ1) is 17.5. The molecular weight excluding hydrogens is 256 g/mol. The number of hydrogen-bond donors (Lipinski definition) is 1. The first-order chi connectivity index (χ1) is 9.76. The molecule has 21 heavy (non-hydrogen) atoms. The average Bonchev–Trinajstić information content (AvgIpc) is 2.36. The lowest BCUT2D eigenvalue weighted by Crippen LogP contribution is -2.26. The van der Waals surface area contributed by atoms with Crippen LogP contribution >= 0.6 is 0 Å². The molecule has 1 nitrogen and oxygen atoms in total. The van der Waals surface area contributed by atoms with Crippen molar-refractivity contribution in [2.24, 2.45) is 5.41 Å². The van der Waals surface area contributed by atoms with E-state index in [2.05, 4.69) is 52.5 Å². The maximum Gasteiger partial charge on any atom is 0.0734 e. The predicted molar refractivity (Wildman–Crippen MR) is 93.1 cm³/mol. The molecule has 1 rings (SSSR count). The Kier molecular flexibility index (Phi) is 6.17. The van der Waals surface area contributed by atoms with Crippen LogP contribution in [0.25, 0.3) is 0 Å². The monoisotopic (exact) mass is 284 g/mol. The molecule has 0 aromatic heterocycles. The van der Waals surface area contributed by atoms with Crippen molar-refractivity contribution >= 4 is 0 Å². The van der Waals surface area contributed by atoms with Gasteiger partial charge in [-0.3, -0.25) is 0 Å². The van der Waals surface area contributed by atoms with Gasteiger partial charge in [-0.25, -0.2) is 0 Å². The minimum atomic E-state index is -0.325. The van der Waals surface area contributed by atoms with E-state index in [9.17, 15) is 5.11 Å². The van der Waals surface area contributed by atoms with Crippen LogP contribution < -0.4 is 0 Å². The van der Waals surface area contributed by atoms with Crippen LogP contribution in [0.15, 0.2) is 71.4 Å². The van der Waals surface area contributed by atoms with Crippen LogP contribution in [0.3, 0.4) is 0 Å². The normalized spacial score (nSPS) is 25.3. The lowest BCUT2D eigenvalue weighted by molar-refractivity contribution is 0.161. The van der Waals surface area contributed by atoms with Crippen LogP contribution in [0.4, 0.5) is 0 Å². The maximum atomic E-state index is 9.86. The topological polar surface area (TPSA) is 20.2 Å². The SMILES string of the molecule is C=C/C(C)=C/C=C/C(C)=C/C=C1\C(C)=CC(O)CC1(C)C. The summed E-state index contributed by atoms with van der Waals surface area (Å²) in [5, 5.41) is 9.86. The van der Waals surface area contributed by atoms with Gasteiger partial charge < -0.3 is 5.11 Å². The third-order valence-electron chi connectivity index (χ3n) is 3.87. The summed E-state index contributed by atoms with van der Waals surface area (Å²) < 4.78 is 0. The van der Waals surface area contributed by atoms with Crippen LogP contribution in [-0.2, 0) is 0 Å². The summed E-state index contributed by atoms with van der Waals surface area (Å²) in [6.45, 7) is 14.3. The molecule has 0 aromatic rings. The van der Waals surface area contributed by atoms with Gasteiger partial charge in [0.25, 0.3) is 0 Å². The Bertz CT molecular complexity index is 536. The zero-order chi connectivity index (χ0) is 16.0. The first-order valence-corrected chi connectivity index (χ1v) is 7.49. The number of aliphatic hydroxyl groups excluding tert-OH is 1. The van der Waals surface area contributed by atoms with Gasteiger partial charge >= 0.3 is 0 Å². The summed E-state index contributed by atoms with van der Waals surface area (Å²) in [4.78, 5) is 0. The predicted octanol–water partition coefficient (Wildman–Crippen LogP) is 5.28. The van der Waals surface area contributed by atoms with Gasteiger partial charge in [0, 0.05) is 0 Å². The summed E-state index contributed by atoms with van der Waals surface area (Å²) in [7, 11) is 0. The van der Waals surface area contributed by atoms with Crippen LogP contribution in [0.5, 0.6) is 0 Å². The van der Waals surface area contributed by atoms with Crippen molar-refractivity contribution in [3.63, 3.8) is 0 Å². The van der Waals surface area contributed by atoms with Crippen LogP contribution in [0.1, 0.15) is 41.0 Å². The second kappa shape index (κ2) is 7.42. The molecule has 1 atom stereocenters. The Hall–Kier alpha value is -1.60. The van der Waals surface area contributed by atoms with Crippen LogP contribution in [0.2, 0.25) is 0 Å². The van der Waals surface area contributed by atoms with Crippen LogP contribution in [0, 0.1) is 5.41 Å². The molecule has 1 N–H and O–H groups in total. The van der Waals surface area contributed by atoms with Crippen molar-refractivity contribution in [2.75, 3.05) is 0 Å². The third-order valence-corrected chi connectivity index (χ3v) is 3.87. The largest absolute Gasteiger partial charge is 0.389 e. The number of rotatable bonds is 4. The quantitative estimate of drug-likeness (QED) is 0.696.